The van der Waals surface area contributed by atoms with Crippen molar-refractivity contribution < 1.29 is 22.8 Å². The van der Waals surface area contributed by atoms with Gasteiger partial charge in [0, 0.05) is 6.54 Å². The number of halogens is 3. The topological polar surface area (TPSA) is 58.2 Å². The van der Waals surface area contributed by atoms with E-state index in [9.17, 15) is 22.8 Å². The number of nitrogens with one attached hydrogen (secondary N) is 2. The molecule has 0 fully saturated rings. The minimum Gasteiger partial charge on any atom is -0.352 e. The molecule has 122 valence electrons. The number of amides is 2. The van der Waals surface area contributed by atoms with Crippen LogP contribution in [0.25, 0.3) is 0 Å². The van der Waals surface area contributed by atoms with Gasteiger partial charge in [0.05, 0.1) is 0 Å². The average molecular weight is 316 g/mol. The largest absolute Gasteiger partial charge is 0.405 e. The van der Waals surface area contributed by atoms with Gasteiger partial charge < -0.3 is 10.6 Å². The Morgan fingerprint density at radius 1 is 1.00 bits per heavy atom. The van der Waals surface area contributed by atoms with Crippen LogP contribution in [-0.2, 0) is 16.1 Å². The van der Waals surface area contributed by atoms with Crippen molar-refractivity contribution in [2.75, 3.05) is 6.54 Å². The molecule has 0 heterocycles. The molecule has 0 spiro atoms. The van der Waals surface area contributed by atoms with Crippen LogP contribution in [0.2, 0.25) is 0 Å². The van der Waals surface area contributed by atoms with Crippen molar-refractivity contribution >= 4 is 11.8 Å². The van der Waals surface area contributed by atoms with Crippen molar-refractivity contribution in [1.29, 1.82) is 0 Å². The monoisotopic (exact) mass is 316 g/mol. The predicted molar refractivity (Wildman–Crippen MR) is 76.2 cm³/mol. The molecule has 0 aliphatic carbocycles. The number of hydrogen-bond donors (Lipinski definition) is 2. The van der Waals surface area contributed by atoms with E-state index in [2.05, 4.69) is 5.32 Å². The Hall–Kier alpha value is -2.05. The van der Waals surface area contributed by atoms with Crippen LogP contribution in [0.5, 0.6) is 0 Å². The molecule has 0 atom stereocenters. The van der Waals surface area contributed by atoms with Gasteiger partial charge in [0.1, 0.15) is 13.0 Å². The van der Waals surface area contributed by atoms with E-state index >= 15 is 0 Å². The van der Waals surface area contributed by atoms with E-state index in [-0.39, 0.29) is 6.54 Å². The Morgan fingerprint density at radius 2 is 1.50 bits per heavy atom. The first-order chi connectivity index (χ1) is 10.1. The van der Waals surface area contributed by atoms with Crippen molar-refractivity contribution in [3.8, 4) is 0 Å². The molecule has 1 aromatic carbocycles. The fourth-order valence-electron chi connectivity index (χ4n) is 2.15. The van der Waals surface area contributed by atoms with Crippen LogP contribution in [0.4, 0.5) is 13.2 Å². The molecule has 4 nitrogen and oxygen atoms in total. The van der Waals surface area contributed by atoms with Crippen LogP contribution in [0.15, 0.2) is 12.1 Å². The highest BCUT2D eigenvalue weighted by atomic mass is 19.4. The van der Waals surface area contributed by atoms with Crippen molar-refractivity contribution in [3.63, 3.8) is 0 Å². The fraction of sp³-hybridized carbons (Fsp3) is 0.467. The molecule has 2 N–H and O–H groups in total. The Balaban J connectivity index is 2.49. The number of carbonyl (C=O) groups is 2. The van der Waals surface area contributed by atoms with Gasteiger partial charge in [-0.05, 0) is 37.5 Å². The summed E-state index contributed by atoms with van der Waals surface area (Å²) in [5.74, 6) is -1.56. The van der Waals surface area contributed by atoms with E-state index in [1.165, 1.54) is 0 Å². The van der Waals surface area contributed by atoms with E-state index in [0.29, 0.717) is 0 Å². The highest BCUT2D eigenvalue weighted by Crippen LogP contribution is 2.16. The lowest BCUT2D eigenvalue weighted by molar-refractivity contribution is -0.140. The summed E-state index contributed by atoms with van der Waals surface area (Å²) in [4.78, 5) is 22.8. The molecule has 0 saturated heterocycles. The van der Waals surface area contributed by atoms with E-state index in [4.69, 9.17) is 0 Å². The normalized spacial score (nSPS) is 11.2. The second-order valence-electron chi connectivity index (χ2n) is 5.22. The van der Waals surface area contributed by atoms with Gasteiger partial charge >= 0.3 is 6.18 Å². The first kappa shape index (κ1) is 18.0. The summed E-state index contributed by atoms with van der Waals surface area (Å²) < 4.78 is 35.8. The molecular formula is C15H19F3N2O2. The Morgan fingerprint density at radius 3 is 2.00 bits per heavy atom. The lowest BCUT2D eigenvalue weighted by Gasteiger charge is -2.12. The minimum absolute atomic E-state index is 0.239. The zero-order valence-corrected chi connectivity index (χ0v) is 12.7. The van der Waals surface area contributed by atoms with Gasteiger partial charge in [-0.1, -0.05) is 17.7 Å². The number of alkyl halides is 3. The van der Waals surface area contributed by atoms with Crippen LogP contribution in [0.3, 0.4) is 0 Å². The predicted octanol–water partition coefficient (Wildman–Crippen LogP) is 2.30. The summed E-state index contributed by atoms with van der Waals surface area (Å²) in [5.41, 5.74) is 4.07. The second-order valence-corrected chi connectivity index (χ2v) is 5.22. The van der Waals surface area contributed by atoms with Crippen molar-refractivity contribution in [1.82, 2.24) is 10.6 Å². The van der Waals surface area contributed by atoms with Crippen molar-refractivity contribution in [2.45, 2.75) is 39.9 Å². The van der Waals surface area contributed by atoms with Crippen LogP contribution < -0.4 is 10.6 Å². The summed E-state index contributed by atoms with van der Waals surface area (Å²) in [6, 6.07) is 3.95. The second kappa shape index (κ2) is 7.29. The summed E-state index contributed by atoms with van der Waals surface area (Å²) in [7, 11) is 0. The van der Waals surface area contributed by atoms with Crippen molar-refractivity contribution in [2.24, 2.45) is 0 Å². The maximum absolute atomic E-state index is 11.9. The Kier molecular flexibility index (Phi) is 5.96. The zero-order chi connectivity index (χ0) is 16.9. The smallest absolute Gasteiger partial charge is 0.352 e. The highest BCUT2D eigenvalue weighted by molar-refractivity contribution is 5.96. The molecule has 0 saturated carbocycles. The minimum atomic E-state index is -4.48. The first-order valence-corrected chi connectivity index (χ1v) is 6.75. The van der Waals surface area contributed by atoms with Gasteiger partial charge in [-0.2, -0.15) is 13.2 Å². The summed E-state index contributed by atoms with van der Waals surface area (Å²) in [6.45, 7) is 4.60. The van der Waals surface area contributed by atoms with E-state index in [1.807, 2.05) is 32.9 Å². The molecule has 1 aromatic rings. The van der Waals surface area contributed by atoms with Gasteiger partial charge in [-0.15, -0.1) is 0 Å². The third-order valence-corrected chi connectivity index (χ3v) is 3.11. The fourth-order valence-corrected chi connectivity index (χ4v) is 2.15. The molecule has 2 amide bonds. The SMILES string of the molecule is Cc1cc(C)c(CNC(=O)CC(=O)NCC(F)(F)F)c(C)c1. The molecule has 0 aliphatic rings. The van der Waals surface area contributed by atoms with Crippen LogP contribution in [0.1, 0.15) is 28.7 Å². The quantitative estimate of drug-likeness (QED) is 0.819. The number of benzene rings is 1. The molecule has 22 heavy (non-hydrogen) atoms. The number of aryl methyl sites for hydroxylation is 3. The molecule has 0 bridgehead atoms. The molecule has 7 heteroatoms. The summed E-state index contributed by atoms with van der Waals surface area (Å²) in [6.07, 6.45) is -5.11. The molecule has 0 unspecified atom stereocenters. The lowest BCUT2D eigenvalue weighted by Crippen LogP contribution is -2.37. The van der Waals surface area contributed by atoms with Crippen molar-refractivity contribution in [3.05, 3.63) is 34.4 Å². The Labute approximate surface area is 127 Å². The molecule has 0 aromatic heterocycles. The molecule has 0 aliphatic heterocycles. The van der Waals surface area contributed by atoms with Crippen LogP contribution in [0, 0.1) is 20.8 Å². The third kappa shape index (κ3) is 6.15. The summed E-state index contributed by atoms with van der Waals surface area (Å²) >= 11 is 0. The van der Waals surface area contributed by atoms with Crippen LogP contribution >= 0.6 is 0 Å². The van der Waals surface area contributed by atoms with E-state index in [0.717, 1.165) is 22.3 Å². The van der Waals surface area contributed by atoms with E-state index in [1.54, 1.807) is 5.32 Å². The molecule has 1 rings (SSSR count). The first-order valence-electron chi connectivity index (χ1n) is 6.75. The maximum atomic E-state index is 11.9. The van der Waals surface area contributed by atoms with Crippen LogP contribution in [-0.4, -0.2) is 24.5 Å². The van der Waals surface area contributed by atoms with Gasteiger partial charge in [-0.25, -0.2) is 0 Å². The number of rotatable bonds is 5. The molecule has 0 radical (unpaired) electrons. The maximum Gasteiger partial charge on any atom is 0.405 e. The van der Waals surface area contributed by atoms with Gasteiger partial charge in [0.2, 0.25) is 11.8 Å². The van der Waals surface area contributed by atoms with E-state index < -0.39 is 31.0 Å². The van der Waals surface area contributed by atoms with Gasteiger partial charge in [0.25, 0.3) is 0 Å². The van der Waals surface area contributed by atoms with Gasteiger partial charge in [-0.3, -0.25) is 9.59 Å². The lowest BCUT2D eigenvalue weighted by atomic mass is 10.00. The standard InChI is InChI=1S/C15H19F3N2O2/c1-9-4-10(2)12(11(3)5-9)7-19-13(21)6-14(22)20-8-15(16,17)18/h4-5H,6-8H2,1-3H3,(H,19,21)(H,20,22). The zero-order valence-electron chi connectivity index (χ0n) is 12.7. The number of carbonyl (C=O) groups excluding carboxylic acids is 2. The summed E-state index contributed by atoms with van der Waals surface area (Å²) in [5, 5.41) is 4.20. The number of hydrogen-bond acceptors (Lipinski definition) is 2. The van der Waals surface area contributed by atoms with Gasteiger partial charge in [0.15, 0.2) is 0 Å². The third-order valence-electron chi connectivity index (χ3n) is 3.11. The highest BCUT2D eigenvalue weighted by Gasteiger charge is 2.27. The molecular weight excluding hydrogens is 297 g/mol. The average Bonchev–Trinajstić information content (AvgIpc) is 2.34. The Bertz CT molecular complexity index is 545.